The van der Waals surface area contributed by atoms with E-state index in [0.29, 0.717) is 6.42 Å². The lowest BCUT2D eigenvalue weighted by Crippen LogP contribution is -2.29. The van der Waals surface area contributed by atoms with E-state index < -0.39 is 12.2 Å². The van der Waals surface area contributed by atoms with Crippen LogP contribution in [0.4, 0.5) is 0 Å². The van der Waals surface area contributed by atoms with E-state index in [1.807, 2.05) is 6.20 Å². The molecular weight excluding hydrogens is 170 g/mol. The fourth-order valence-electron chi connectivity index (χ4n) is 1.83. The Kier molecular flexibility index (Phi) is 2.53. The molecule has 4 nitrogen and oxygen atoms in total. The third kappa shape index (κ3) is 1.70. The molecular formula is C9H15NO3. The van der Waals surface area contributed by atoms with Gasteiger partial charge in [0, 0.05) is 13.0 Å². The summed E-state index contributed by atoms with van der Waals surface area (Å²) in [5.74, 6) is 0. The van der Waals surface area contributed by atoms with Crippen molar-refractivity contribution in [2.75, 3.05) is 13.2 Å². The molecule has 13 heavy (non-hydrogen) atoms. The molecule has 4 heteroatoms. The Balaban J connectivity index is 1.92. The fourth-order valence-corrected chi connectivity index (χ4v) is 1.83. The maximum atomic E-state index is 9.48. The maximum Gasteiger partial charge on any atom is 0.132 e. The van der Waals surface area contributed by atoms with Crippen molar-refractivity contribution >= 4 is 0 Å². The average molecular weight is 185 g/mol. The summed E-state index contributed by atoms with van der Waals surface area (Å²) >= 11 is 0. The number of rotatable bonds is 2. The van der Waals surface area contributed by atoms with E-state index in [1.165, 1.54) is 0 Å². The van der Waals surface area contributed by atoms with E-state index >= 15 is 0 Å². The van der Waals surface area contributed by atoms with Gasteiger partial charge in [-0.15, -0.1) is 0 Å². The minimum atomic E-state index is -0.524. The molecule has 0 aromatic rings. The van der Waals surface area contributed by atoms with Crippen molar-refractivity contribution in [1.82, 2.24) is 4.90 Å². The second-order valence-electron chi connectivity index (χ2n) is 3.53. The van der Waals surface area contributed by atoms with Gasteiger partial charge in [-0.1, -0.05) is 6.08 Å². The molecule has 2 aliphatic heterocycles. The molecule has 0 aromatic carbocycles. The van der Waals surface area contributed by atoms with Crippen molar-refractivity contribution in [2.45, 2.75) is 31.3 Å². The van der Waals surface area contributed by atoms with Crippen LogP contribution in [0.1, 0.15) is 12.8 Å². The normalized spacial score (nSPS) is 38.9. The van der Waals surface area contributed by atoms with Crippen LogP contribution < -0.4 is 0 Å². The van der Waals surface area contributed by atoms with Crippen molar-refractivity contribution in [3.05, 3.63) is 12.3 Å². The van der Waals surface area contributed by atoms with Crippen LogP contribution in [0.25, 0.3) is 0 Å². The summed E-state index contributed by atoms with van der Waals surface area (Å²) in [5, 5.41) is 18.4. The van der Waals surface area contributed by atoms with Gasteiger partial charge >= 0.3 is 0 Å². The van der Waals surface area contributed by atoms with E-state index in [0.717, 1.165) is 13.0 Å². The molecule has 2 rings (SSSR count). The van der Waals surface area contributed by atoms with E-state index in [1.54, 1.807) is 0 Å². The van der Waals surface area contributed by atoms with Crippen molar-refractivity contribution in [3.63, 3.8) is 0 Å². The van der Waals surface area contributed by atoms with Gasteiger partial charge in [0.05, 0.1) is 12.7 Å². The Hall–Kier alpha value is -0.580. The highest BCUT2D eigenvalue weighted by atomic mass is 16.5. The topological polar surface area (TPSA) is 52.9 Å². The van der Waals surface area contributed by atoms with Crippen LogP contribution in [0.5, 0.6) is 0 Å². The summed E-state index contributed by atoms with van der Waals surface area (Å²) in [6.45, 7) is 0.852. The highest BCUT2D eigenvalue weighted by molar-refractivity contribution is 4.95. The molecule has 0 spiro atoms. The molecule has 1 unspecified atom stereocenters. The highest BCUT2D eigenvalue weighted by Crippen LogP contribution is 2.25. The van der Waals surface area contributed by atoms with E-state index in [2.05, 4.69) is 11.0 Å². The van der Waals surface area contributed by atoms with Gasteiger partial charge in [0.2, 0.25) is 0 Å². The van der Waals surface area contributed by atoms with Gasteiger partial charge in [0.1, 0.15) is 12.3 Å². The molecule has 0 bridgehead atoms. The van der Waals surface area contributed by atoms with Crippen molar-refractivity contribution < 1.29 is 14.9 Å². The zero-order valence-corrected chi connectivity index (χ0v) is 7.47. The van der Waals surface area contributed by atoms with Gasteiger partial charge in [0.25, 0.3) is 0 Å². The second-order valence-corrected chi connectivity index (χ2v) is 3.53. The summed E-state index contributed by atoms with van der Waals surface area (Å²) in [7, 11) is 0. The van der Waals surface area contributed by atoms with E-state index in [4.69, 9.17) is 9.84 Å². The molecule has 3 atom stereocenters. The molecule has 0 aromatic heterocycles. The molecule has 2 aliphatic rings. The first-order valence-corrected chi connectivity index (χ1v) is 4.68. The van der Waals surface area contributed by atoms with Crippen LogP contribution in [-0.4, -0.2) is 46.7 Å². The molecule has 74 valence electrons. The molecule has 0 saturated carbocycles. The Bertz CT molecular complexity index is 207. The van der Waals surface area contributed by atoms with Crippen LogP contribution >= 0.6 is 0 Å². The number of hydrogen-bond donors (Lipinski definition) is 2. The number of ether oxygens (including phenoxy) is 1. The first kappa shape index (κ1) is 8.99. The van der Waals surface area contributed by atoms with Crippen LogP contribution in [0.3, 0.4) is 0 Å². The van der Waals surface area contributed by atoms with Gasteiger partial charge in [-0.2, -0.15) is 0 Å². The standard InChI is InChI=1S/C9H15NO3/c11-6-8-7(12)5-9(13-8)10-3-1-2-4-10/h1,3,7-9,11-12H,2,4-6H2/t7?,8-,9-/m1/s1. The third-order valence-electron chi connectivity index (χ3n) is 2.60. The lowest BCUT2D eigenvalue weighted by Gasteiger charge is -2.23. The van der Waals surface area contributed by atoms with Gasteiger partial charge in [-0.05, 0) is 12.6 Å². The SMILES string of the molecule is OC[C@H]1O[C@@H](N2C=CCC2)CC1O. The number of hydrogen-bond acceptors (Lipinski definition) is 4. The molecule has 1 saturated heterocycles. The smallest absolute Gasteiger partial charge is 0.132 e. The molecule has 0 amide bonds. The van der Waals surface area contributed by atoms with Crippen LogP contribution in [0.15, 0.2) is 12.3 Å². The fraction of sp³-hybridized carbons (Fsp3) is 0.778. The number of nitrogens with zero attached hydrogens (tertiary/aromatic N) is 1. The highest BCUT2D eigenvalue weighted by Gasteiger charge is 2.36. The lowest BCUT2D eigenvalue weighted by molar-refractivity contribution is -0.0618. The first-order chi connectivity index (χ1) is 6.31. The predicted molar refractivity (Wildman–Crippen MR) is 46.8 cm³/mol. The molecule has 1 fully saturated rings. The van der Waals surface area contributed by atoms with Crippen LogP contribution in [0.2, 0.25) is 0 Å². The third-order valence-corrected chi connectivity index (χ3v) is 2.60. The Labute approximate surface area is 77.4 Å². The van der Waals surface area contributed by atoms with Gasteiger partial charge in [-0.25, -0.2) is 0 Å². The Morgan fingerprint density at radius 3 is 2.92 bits per heavy atom. The van der Waals surface area contributed by atoms with Crippen molar-refractivity contribution in [1.29, 1.82) is 0 Å². The van der Waals surface area contributed by atoms with Crippen LogP contribution in [-0.2, 0) is 4.74 Å². The summed E-state index contributed by atoms with van der Waals surface area (Å²) in [6, 6.07) is 0. The summed E-state index contributed by atoms with van der Waals surface area (Å²) in [5.41, 5.74) is 0. The molecule has 0 aliphatic carbocycles. The Morgan fingerprint density at radius 2 is 2.38 bits per heavy atom. The first-order valence-electron chi connectivity index (χ1n) is 4.68. The largest absolute Gasteiger partial charge is 0.394 e. The summed E-state index contributed by atoms with van der Waals surface area (Å²) in [4.78, 5) is 2.07. The van der Waals surface area contributed by atoms with Gasteiger partial charge < -0.3 is 19.8 Å². The summed E-state index contributed by atoms with van der Waals surface area (Å²) in [6.07, 6.45) is 4.74. The van der Waals surface area contributed by atoms with E-state index in [9.17, 15) is 5.11 Å². The molecule has 0 radical (unpaired) electrons. The minimum Gasteiger partial charge on any atom is -0.394 e. The minimum absolute atomic E-state index is 0.0501. The van der Waals surface area contributed by atoms with Gasteiger partial charge in [0.15, 0.2) is 0 Å². The monoisotopic (exact) mass is 185 g/mol. The Morgan fingerprint density at radius 1 is 1.54 bits per heavy atom. The lowest BCUT2D eigenvalue weighted by atomic mass is 10.2. The van der Waals surface area contributed by atoms with E-state index in [-0.39, 0.29) is 12.8 Å². The number of aliphatic hydroxyl groups is 2. The predicted octanol–water partition coefficient (Wildman–Crippen LogP) is -0.326. The maximum absolute atomic E-state index is 9.48. The molecule has 2 N–H and O–H groups in total. The van der Waals surface area contributed by atoms with Crippen molar-refractivity contribution in [2.24, 2.45) is 0 Å². The second kappa shape index (κ2) is 3.65. The van der Waals surface area contributed by atoms with Crippen LogP contribution in [0, 0.1) is 0 Å². The quantitative estimate of drug-likeness (QED) is 0.618. The number of aliphatic hydroxyl groups excluding tert-OH is 2. The van der Waals surface area contributed by atoms with Gasteiger partial charge in [-0.3, -0.25) is 0 Å². The average Bonchev–Trinajstić information content (AvgIpc) is 2.71. The zero-order chi connectivity index (χ0) is 9.26. The summed E-state index contributed by atoms with van der Waals surface area (Å²) < 4.78 is 5.48. The zero-order valence-electron chi connectivity index (χ0n) is 7.47. The van der Waals surface area contributed by atoms with Crippen molar-refractivity contribution in [3.8, 4) is 0 Å². The molecule has 2 heterocycles.